The maximum atomic E-state index is 5.29. The fourth-order valence-corrected chi connectivity index (χ4v) is 2.65. The van der Waals surface area contributed by atoms with Crippen LogP contribution in [0.1, 0.15) is 52.9 Å². The maximum absolute atomic E-state index is 5.29. The Morgan fingerprint density at radius 2 is 1.81 bits per heavy atom. The first-order valence-corrected chi connectivity index (χ1v) is 6.92. The first-order valence-electron chi connectivity index (χ1n) is 6.92. The number of hydrogen-bond acceptors (Lipinski definition) is 2. The average molecular weight is 227 g/mol. The predicted molar refractivity (Wildman–Crippen MR) is 69.7 cm³/mol. The van der Waals surface area contributed by atoms with E-state index >= 15 is 0 Å². The molecule has 1 unspecified atom stereocenters. The molecule has 1 N–H and O–H groups in total. The van der Waals surface area contributed by atoms with Gasteiger partial charge in [0.25, 0.3) is 0 Å². The fraction of sp³-hybridized carbons (Fsp3) is 1.00. The van der Waals surface area contributed by atoms with Crippen LogP contribution >= 0.6 is 0 Å². The summed E-state index contributed by atoms with van der Waals surface area (Å²) in [6, 6.07) is 1.25. The molecule has 2 heteroatoms. The summed E-state index contributed by atoms with van der Waals surface area (Å²) in [5, 5.41) is 3.78. The number of ether oxygens (including phenoxy) is 1. The normalized spacial score (nSPS) is 28.3. The smallest absolute Gasteiger partial charge is 0.0618 e. The van der Waals surface area contributed by atoms with Crippen molar-refractivity contribution in [2.45, 2.75) is 65.0 Å². The van der Waals surface area contributed by atoms with Crippen LogP contribution in [-0.2, 0) is 4.74 Å². The maximum Gasteiger partial charge on any atom is 0.0618 e. The van der Waals surface area contributed by atoms with E-state index in [0.29, 0.717) is 12.0 Å². The van der Waals surface area contributed by atoms with Gasteiger partial charge in [-0.1, -0.05) is 27.2 Å². The quantitative estimate of drug-likeness (QED) is 0.752. The van der Waals surface area contributed by atoms with Crippen LogP contribution in [0, 0.1) is 11.8 Å². The van der Waals surface area contributed by atoms with E-state index in [2.05, 4.69) is 26.1 Å². The van der Waals surface area contributed by atoms with Gasteiger partial charge in [-0.2, -0.15) is 0 Å². The van der Waals surface area contributed by atoms with Crippen LogP contribution in [0.15, 0.2) is 0 Å². The highest BCUT2D eigenvalue weighted by atomic mass is 16.5. The molecule has 1 rings (SSSR count). The van der Waals surface area contributed by atoms with Crippen LogP contribution in [0.2, 0.25) is 0 Å². The highest BCUT2D eigenvalue weighted by Crippen LogP contribution is 2.27. The SMILES string of the molecule is CCC1CCC(NC(COC)C(C)C)CC1. The molecule has 0 aromatic heterocycles. The summed E-state index contributed by atoms with van der Waals surface area (Å²) < 4.78 is 5.29. The summed E-state index contributed by atoms with van der Waals surface area (Å²) in [6.45, 7) is 7.70. The summed E-state index contributed by atoms with van der Waals surface area (Å²) in [7, 11) is 1.80. The minimum Gasteiger partial charge on any atom is -0.383 e. The molecule has 0 aromatic carbocycles. The monoisotopic (exact) mass is 227 g/mol. The molecular formula is C14H29NO. The zero-order chi connectivity index (χ0) is 12.0. The molecule has 0 amide bonds. The molecular weight excluding hydrogens is 198 g/mol. The molecule has 1 atom stereocenters. The third-order valence-electron chi connectivity index (χ3n) is 4.02. The van der Waals surface area contributed by atoms with Gasteiger partial charge in [0, 0.05) is 19.2 Å². The molecule has 0 aromatic rings. The average Bonchev–Trinajstić information content (AvgIpc) is 2.29. The van der Waals surface area contributed by atoms with Crippen molar-refractivity contribution in [1.29, 1.82) is 0 Å². The molecule has 16 heavy (non-hydrogen) atoms. The topological polar surface area (TPSA) is 21.3 Å². The molecule has 1 saturated carbocycles. The van der Waals surface area contributed by atoms with Gasteiger partial charge in [-0.05, 0) is 37.5 Å². The van der Waals surface area contributed by atoms with Crippen molar-refractivity contribution in [1.82, 2.24) is 5.32 Å². The van der Waals surface area contributed by atoms with E-state index in [0.717, 1.165) is 18.6 Å². The lowest BCUT2D eigenvalue weighted by Crippen LogP contribution is -2.45. The van der Waals surface area contributed by atoms with Crippen LogP contribution in [0.3, 0.4) is 0 Å². The minimum absolute atomic E-state index is 0.521. The van der Waals surface area contributed by atoms with Crippen LogP contribution in [0.4, 0.5) is 0 Å². The fourth-order valence-electron chi connectivity index (χ4n) is 2.65. The second-order valence-electron chi connectivity index (χ2n) is 5.60. The van der Waals surface area contributed by atoms with Gasteiger partial charge in [-0.15, -0.1) is 0 Å². The largest absolute Gasteiger partial charge is 0.383 e. The van der Waals surface area contributed by atoms with Crippen molar-refractivity contribution >= 4 is 0 Å². The van der Waals surface area contributed by atoms with Gasteiger partial charge < -0.3 is 10.1 Å². The summed E-state index contributed by atoms with van der Waals surface area (Å²) in [5.41, 5.74) is 0. The van der Waals surface area contributed by atoms with Crippen molar-refractivity contribution in [3.05, 3.63) is 0 Å². The van der Waals surface area contributed by atoms with E-state index in [9.17, 15) is 0 Å². The van der Waals surface area contributed by atoms with E-state index in [-0.39, 0.29) is 0 Å². The van der Waals surface area contributed by atoms with Crippen LogP contribution in [0.5, 0.6) is 0 Å². The highest BCUT2D eigenvalue weighted by molar-refractivity contribution is 4.81. The highest BCUT2D eigenvalue weighted by Gasteiger charge is 2.23. The Hall–Kier alpha value is -0.0800. The van der Waals surface area contributed by atoms with Crippen molar-refractivity contribution in [3.63, 3.8) is 0 Å². The van der Waals surface area contributed by atoms with Gasteiger partial charge in [-0.3, -0.25) is 0 Å². The minimum atomic E-state index is 0.521. The number of rotatable bonds is 6. The Balaban J connectivity index is 2.30. The second-order valence-corrected chi connectivity index (χ2v) is 5.60. The molecule has 0 saturated heterocycles. The van der Waals surface area contributed by atoms with Crippen LogP contribution < -0.4 is 5.32 Å². The van der Waals surface area contributed by atoms with Crippen molar-refractivity contribution in [2.75, 3.05) is 13.7 Å². The van der Waals surface area contributed by atoms with Gasteiger partial charge >= 0.3 is 0 Å². The molecule has 1 fully saturated rings. The standard InChI is InChI=1S/C14H29NO/c1-5-12-6-8-13(9-7-12)15-14(10-16-4)11(2)3/h11-15H,5-10H2,1-4H3. The summed E-state index contributed by atoms with van der Waals surface area (Å²) in [5.74, 6) is 1.64. The van der Waals surface area contributed by atoms with E-state index in [1.807, 2.05) is 0 Å². The third kappa shape index (κ3) is 4.42. The van der Waals surface area contributed by atoms with E-state index < -0.39 is 0 Å². The van der Waals surface area contributed by atoms with Gasteiger partial charge in [0.15, 0.2) is 0 Å². The predicted octanol–water partition coefficient (Wildman–Crippen LogP) is 3.22. The third-order valence-corrected chi connectivity index (χ3v) is 4.02. The van der Waals surface area contributed by atoms with Crippen molar-refractivity contribution < 1.29 is 4.74 Å². The van der Waals surface area contributed by atoms with Gasteiger partial charge in [0.2, 0.25) is 0 Å². The van der Waals surface area contributed by atoms with E-state index in [1.54, 1.807) is 7.11 Å². The molecule has 0 heterocycles. The number of methoxy groups -OCH3 is 1. The van der Waals surface area contributed by atoms with Crippen molar-refractivity contribution in [2.24, 2.45) is 11.8 Å². The Kier molecular flexibility index (Phi) is 6.37. The van der Waals surface area contributed by atoms with Gasteiger partial charge in [0.05, 0.1) is 6.61 Å². The van der Waals surface area contributed by atoms with E-state index in [4.69, 9.17) is 4.74 Å². The van der Waals surface area contributed by atoms with Crippen molar-refractivity contribution in [3.8, 4) is 0 Å². The van der Waals surface area contributed by atoms with Gasteiger partial charge in [0.1, 0.15) is 0 Å². The zero-order valence-electron chi connectivity index (χ0n) is 11.5. The number of nitrogens with one attached hydrogen (secondary N) is 1. The first-order chi connectivity index (χ1) is 7.67. The van der Waals surface area contributed by atoms with E-state index in [1.165, 1.54) is 32.1 Å². The zero-order valence-corrected chi connectivity index (χ0v) is 11.5. The molecule has 2 nitrogen and oxygen atoms in total. The lowest BCUT2D eigenvalue weighted by Gasteiger charge is -2.33. The Morgan fingerprint density at radius 3 is 2.25 bits per heavy atom. The molecule has 0 radical (unpaired) electrons. The lowest BCUT2D eigenvalue weighted by molar-refractivity contribution is 0.132. The number of hydrogen-bond donors (Lipinski definition) is 1. The summed E-state index contributed by atoms with van der Waals surface area (Å²) in [6.07, 6.45) is 6.88. The molecule has 1 aliphatic rings. The lowest BCUT2D eigenvalue weighted by atomic mass is 9.84. The molecule has 0 aliphatic heterocycles. The second kappa shape index (κ2) is 7.29. The first kappa shape index (κ1) is 14.0. The molecule has 0 bridgehead atoms. The Morgan fingerprint density at radius 1 is 1.19 bits per heavy atom. The Bertz CT molecular complexity index is 174. The molecule has 1 aliphatic carbocycles. The van der Waals surface area contributed by atoms with Gasteiger partial charge in [-0.25, -0.2) is 0 Å². The summed E-state index contributed by atoms with van der Waals surface area (Å²) >= 11 is 0. The summed E-state index contributed by atoms with van der Waals surface area (Å²) in [4.78, 5) is 0. The van der Waals surface area contributed by atoms with Crippen LogP contribution in [0.25, 0.3) is 0 Å². The van der Waals surface area contributed by atoms with Crippen LogP contribution in [-0.4, -0.2) is 25.8 Å². The molecule has 96 valence electrons. The Labute approximate surface area is 101 Å². The molecule has 0 spiro atoms.